The molecule has 14 heavy (non-hydrogen) atoms. The summed E-state index contributed by atoms with van der Waals surface area (Å²) in [6.45, 7) is 0. The summed E-state index contributed by atoms with van der Waals surface area (Å²) in [7, 11) is 1.20. The molecule has 1 aromatic rings. The second kappa shape index (κ2) is 6.76. The number of carbonyl (C=O) groups is 2. The van der Waals surface area contributed by atoms with E-state index >= 15 is 0 Å². The van der Waals surface area contributed by atoms with Gasteiger partial charge in [0.2, 0.25) is 5.78 Å². The molecule has 4 heteroatoms. The molecule has 0 amide bonds. The van der Waals surface area contributed by atoms with Crippen LogP contribution in [-0.2, 0) is 20.7 Å². The van der Waals surface area contributed by atoms with E-state index in [1.165, 1.54) is 7.11 Å². The predicted octanol–water partition coefficient (Wildman–Crippen LogP) is -1.91. The van der Waals surface area contributed by atoms with E-state index in [0.29, 0.717) is 0 Å². The number of Topliss-reactive ketones (excluding diaryl/α,β-unsaturated/α-hetero) is 1. The van der Waals surface area contributed by atoms with Gasteiger partial charge in [-0.2, -0.15) is 0 Å². The Morgan fingerprint density at radius 1 is 1.29 bits per heavy atom. The molecular weight excluding hydrogens is 191 g/mol. The van der Waals surface area contributed by atoms with Gasteiger partial charge in [-0.25, -0.2) is 4.79 Å². The smallest absolute Gasteiger partial charge is 1.00 e. The number of hydrogen-bond acceptors (Lipinski definition) is 3. The average Bonchev–Trinajstić information content (AvgIpc) is 2.18. The number of rotatable bonds is 3. The molecule has 70 valence electrons. The third-order valence-electron chi connectivity index (χ3n) is 1.62. The molecular formula is C10H11NaO3. The second-order valence-electron chi connectivity index (χ2n) is 2.58. The first kappa shape index (κ1) is 13.4. The second-order valence-corrected chi connectivity index (χ2v) is 2.58. The molecule has 0 radical (unpaired) electrons. The van der Waals surface area contributed by atoms with Gasteiger partial charge in [-0.1, -0.05) is 30.3 Å². The standard InChI is InChI=1S/C10H10O3.Na.H/c1-13-10(12)9(11)7-8-5-3-2-4-6-8;;/h2-6H,7H2,1H3;;/q;+1;-1. The van der Waals surface area contributed by atoms with Gasteiger partial charge in [-0.3, -0.25) is 4.79 Å². The fraction of sp³-hybridized carbons (Fsp3) is 0.200. The summed E-state index contributed by atoms with van der Waals surface area (Å²) in [6.07, 6.45) is 0.105. The van der Waals surface area contributed by atoms with Crippen LogP contribution in [0.5, 0.6) is 0 Å². The van der Waals surface area contributed by atoms with E-state index in [1.54, 1.807) is 12.1 Å². The quantitative estimate of drug-likeness (QED) is 0.326. The third-order valence-corrected chi connectivity index (χ3v) is 1.62. The molecule has 0 aliphatic carbocycles. The van der Waals surface area contributed by atoms with Crippen LogP contribution in [0.3, 0.4) is 0 Å². The van der Waals surface area contributed by atoms with Gasteiger partial charge in [-0.05, 0) is 5.56 Å². The summed E-state index contributed by atoms with van der Waals surface area (Å²) in [6, 6.07) is 9.08. The molecule has 0 spiro atoms. The fourth-order valence-corrected chi connectivity index (χ4v) is 0.967. The SMILES string of the molecule is COC(=O)C(=O)Cc1ccccc1.[H-].[Na+]. The van der Waals surface area contributed by atoms with Crippen molar-refractivity contribution in [1.82, 2.24) is 0 Å². The minimum absolute atomic E-state index is 0. The van der Waals surface area contributed by atoms with E-state index in [-0.39, 0.29) is 37.4 Å². The Balaban J connectivity index is 0. The van der Waals surface area contributed by atoms with E-state index in [4.69, 9.17) is 0 Å². The van der Waals surface area contributed by atoms with Gasteiger partial charge in [0.05, 0.1) is 7.11 Å². The summed E-state index contributed by atoms with van der Waals surface area (Å²) < 4.78 is 4.30. The van der Waals surface area contributed by atoms with Gasteiger partial charge in [0.25, 0.3) is 0 Å². The van der Waals surface area contributed by atoms with Crippen molar-refractivity contribution >= 4 is 11.8 Å². The van der Waals surface area contributed by atoms with Crippen molar-refractivity contribution in [2.75, 3.05) is 7.11 Å². The number of esters is 1. The van der Waals surface area contributed by atoms with Crippen molar-refractivity contribution in [1.29, 1.82) is 0 Å². The molecule has 0 atom stereocenters. The molecule has 0 N–H and O–H groups in total. The number of hydrogen-bond donors (Lipinski definition) is 0. The van der Waals surface area contributed by atoms with E-state index in [2.05, 4.69) is 4.74 Å². The summed E-state index contributed by atoms with van der Waals surface area (Å²) in [4.78, 5) is 21.8. The van der Waals surface area contributed by atoms with Crippen molar-refractivity contribution in [3.8, 4) is 0 Å². The van der Waals surface area contributed by atoms with Gasteiger partial charge in [-0.15, -0.1) is 0 Å². The van der Waals surface area contributed by atoms with Crippen molar-refractivity contribution in [3.63, 3.8) is 0 Å². The summed E-state index contributed by atoms with van der Waals surface area (Å²) >= 11 is 0. The van der Waals surface area contributed by atoms with Crippen LogP contribution in [-0.4, -0.2) is 18.9 Å². The van der Waals surface area contributed by atoms with Crippen molar-refractivity contribution in [3.05, 3.63) is 35.9 Å². The zero-order valence-electron chi connectivity index (χ0n) is 9.32. The molecule has 0 saturated carbocycles. The molecule has 0 saturated heterocycles. The molecule has 1 aromatic carbocycles. The van der Waals surface area contributed by atoms with E-state index in [0.717, 1.165) is 5.56 Å². The maximum atomic E-state index is 11.1. The topological polar surface area (TPSA) is 43.4 Å². The minimum Gasteiger partial charge on any atom is -1.00 e. The third kappa shape index (κ3) is 4.05. The molecule has 0 fully saturated rings. The molecule has 0 aliphatic heterocycles. The van der Waals surface area contributed by atoms with E-state index in [9.17, 15) is 9.59 Å². The molecule has 3 nitrogen and oxygen atoms in total. The monoisotopic (exact) mass is 202 g/mol. The molecule has 1 rings (SSSR count). The Labute approximate surface area is 106 Å². The first-order chi connectivity index (χ1) is 6.24. The van der Waals surface area contributed by atoms with Gasteiger partial charge >= 0.3 is 35.5 Å². The number of methoxy groups -OCH3 is 1. The van der Waals surface area contributed by atoms with Crippen molar-refractivity contribution < 1.29 is 45.3 Å². The van der Waals surface area contributed by atoms with Crippen LogP contribution in [0, 0.1) is 0 Å². The van der Waals surface area contributed by atoms with Gasteiger partial charge < -0.3 is 6.16 Å². The molecule has 0 aliphatic rings. The Kier molecular flexibility index (Phi) is 6.45. The van der Waals surface area contributed by atoms with Gasteiger partial charge in [0.15, 0.2) is 0 Å². The zero-order valence-corrected chi connectivity index (χ0v) is 10.3. The number of carbonyl (C=O) groups excluding carboxylic acids is 2. The number of ether oxygens (including phenoxy) is 1. The van der Waals surface area contributed by atoms with Gasteiger partial charge in [0, 0.05) is 6.42 Å². The Morgan fingerprint density at radius 2 is 1.86 bits per heavy atom. The normalized spacial score (nSPS) is 8.64. The zero-order chi connectivity index (χ0) is 9.68. The van der Waals surface area contributed by atoms with Crippen LogP contribution >= 0.6 is 0 Å². The summed E-state index contributed by atoms with van der Waals surface area (Å²) in [5.41, 5.74) is 0.818. The Morgan fingerprint density at radius 3 is 2.36 bits per heavy atom. The van der Waals surface area contributed by atoms with Crippen molar-refractivity contribution in [2.24, 2.45) is 0 Å². The molecule has 0 bridgehead atoms. The van der Waals surface area contributed by atoms with Crippen LogP contribution in [0.25, 0.3) is 0 Å². The Bertz CT molecular complexity index is 314. The van der Waals surface area contributed by atoms with Crippen LogP contribution in [0.2, 0.25) is 0 Å². The average molecular weight is 202 g/mol. The van der Waals surface area contributed by atoms with Gasteiger partial charge in [0.1, 0.15) is 0 Å². The maximum absolute atomic E-state index is 11.1. The van der Waals surface area contributed by atoms with Crippen LogP contribution < -0.4 is 29.6 Å². The van der Waals surface area contributed by atoms with Crippen LogP contribution in [0.4, 0.5) is 0 Å². The Hall–Kier alpha value is -0.640. The van der Waals surface area contributed by atoms with Crippen LogP contribution in [0.1, 0.15) is 6.99 Å². The summed E-state index contributed by atoms with van der Waals surface area (Å²) in [5.74, 6) is -1.31. The molecule has 0 heterocycles. The number of benzene rings is 1. The minimum atomic E-state index is -0.788. The van der Waals surface area contributed by atoms with E-state index in [1.807, 2.05) is 18.2 Å². The maximum Gasteiger partial charge on any atom is 1.00 e. The first-order valence-corrected chi connectivity index (χ1v) is 3.89. The molecule has 0 unspecified atom stereocenters. The van der Waals surface area contributed by atoms with E-state index < -0.39 is 11.8 Å². The fourth-order valence-electron chi connectivity index (χ4n) is 0.967. The van der Waals surface area contributed by atoms with Crippen LogP contribution in [0.15, 0.2) is 30.3 Å². The van der Waals surface area contributed by atoms with Crippen molar-refractivity contribution in [2.45, 2.75) is 6.42 Å². The largest absolute Gasteiger partial charge is 1.00 e. The first-order valence-electron chi connectivity index (χ1n) is 3.89. The predicted molar refractivity (Wildman–Crippen MR) is 48.3 cm³/mol. The summed E-state index contributed by atoms with van der Waals surface area (Å²) in [5, 5.41) is 0. The molecule has 0 aromatic heterocycles. The number of ketones is 1.